The third kappa shape index (κ3) is 3.54. The molecule has 1 aliphatic carbocycles. The summed E-state index contributed by atoms with van der Waals surface area (Å²) in [6, 6.07) is 18.1. The number of benzene rings is 2. The predicted molar refractivity (Wildman–Crippen MR) is 104 cm³/mol. The van der Waals surface area contributed by atoms with Crippen LogP contribution in [0.2, 0.25) is 0 Å². The van der Waals surface area contributed by atoms with Gasteiger partial charge in [-0.15, -0.1) is 0 Å². The number of carbonyl (C=O) groups is 2. The molecule has 2 N–H and O–H groups in total. The summed E-state index contributed by atoms with van der Waals surface area (Å²) >= 11 is 0. The van der Waals surface area contributed by atoms with Gasteiger partial charge >= 0.3 is 5.97 Å². The van der Waals surface area contributed by atoms with Crippen LogP contribution in [0.1, 0.15) is 24.0 Å². The molecule has 2 aliphatic rings. The van der Waals surface area contributed by atoms with Crippen molar-refractivity contribution in [3.63, 3.8) is 0 Å². The number of nitrogens with zero attached hydrogens (tertiary/aromatic N) is 1. The van der Waals surface area contributed by atoms with Crippen LogP contribution in [-0.4, -0.2) is 36.1 Å². The maximum atomic E-state index is 13.2. The molecule has 1 amide bonds. The summed E-state index contributed by atoms with van der Waals surface area (Å²) < 4.78 is 0. The quantitative estimate of drug-likeness (QED) is 0.856. The number of carboxylic acids is 1. The topological polar surface area (TPSA) is 69.6 Å². The molecule has 0 aromatic heterocycles. The Bertz CT molecular complexity index is 825. The minimum absolute atomic E-state index is 0.0482. The summed E-state index contributed by atoms with van der Waals surface area (Å²) in [6.07, 6.45) is 1.73. The maximum absolute atomic E-state index is 13.2. The van der Waals surface area contributed by atoms with Gasteiger partial charge in [0, 0.05) is 24.8 Å². The van der Waals surface area contributed by atoms with Crippen molar-refractivity contribution in [3.05, 3.63) is 65.7 Å². The first-order valence-corrected chi connectivity index (χ1v) is 9.45. The molecule has 1 fully saturated rings. The normalized spacial score (nSPS) is 20.3. The average Bonchev–Trinajstić information content (AvgIpc) is 3.26. The van der Waals surface area contributed by atoms with Crippen LogP contribution >= 0.6 is 0 Å². The van der Waals surface area contributed by atoms with Crippen LogP contribution in [0.3, 0.4) is 0 Å². The van der Waals surface area contributed by atoms with Crippen molar-refractivity contribution >= 4 is 17.6 Å². The molecule has 140 valence electrons. The van der Waals surface area contributed by atoms with Gasteiger partial charge in [0.25, 0.3) is 0 Å². The highest BCUT2D eigenvalue weighted by atomic mass is 16.4. The molecule has 1 atom stereocenters. The van der Waals surface area contributed by atoms with E-state index in [1.165, 1.54) is 0 Å². The smallest absolute Gasteiger partial charge is 0.304 e. The van der Waals surface area contributed by atoms with E-state index in [0.717, 1.165) is 36.3 Å². The summed E-state index contributed by atoms with van der Waals surface area (Å²) in [4.78, 5) is 26.9. The number of para-hydroxylation sites is 1. The van der Waals surface area contributed by atoms with E-state index in [0.29, 0.717) is 12.8 Å². The molecule has 27 heavy (non-hydrogen) atoms. The third-order valence-corrected chi connectivity index (χ3v) is 5.79. The first-order chi connectivity index (χ1) is 13.1. The summed E-state index contributed by atoms with van der Waals surface area (Å²) in [5.41, 5.74) is 2.45. The highest BCUT2D eigenvalue weighted by molar-refractivity contribution is 5.88. The van der Waals surface area contributed by atoms with E-state index in [4.69, 9.17) is 0 Å². The summed E-state index contributed by atoms with van der Waals surface area (Å²) in [5, 5.41) is 12.6. The lowest BCUT2D eigenvalue weighted by molar-refractivity contribution is -0.145. The van der Waals surface area contributed by atoms with Crippen molar-refractivity contribution in [2.75, 3.05) is 18.0 Å². The number of fused-ring (bicyclic) bond motifs is 1. The lowest BCUT2D eigenvalue weighted by Crippen LogP contribution is -2.48. The van der Waals surface area contributed by atoms with Gasteiger partial charge in [-0.05, 0) is 42.5 Å². The standard InChI is InChI=1S/C22H24N2O3/c25-20(26)14-22(12-16-6-4-5-7-17(16)13-22)21(27)23-18-10-11-24(15-18)19-8-2-1-3-9-19/h1-9,18H,10-15H2,(H,23,27)(H,25,26)/t18-/m1/s1. The predicted octanol–water partition coefficient (Wildman–Crippen LogP) is 2.64. The zero-order valence-electron chi connectivity index (χ0n) is 15.2. The molecule has 0 spiro atoms. The van der Waals surface area contributed by atoms with Crippen LogP contribution in [0.15, 0.2) is 54.6 Å². The van der Waals surface area contributed by atoms with Gasteiger partial charge in [-0.2, -0.15) is 0 Å². The molecule has 5 heteroatoms. The Balaban J connectivity index is 1.47. The number of hydrogen-bond acceptors (Lipinski definition) is 3. The van der Waals surface area contributed by atoms with Crippen molar-refractivity contribution < 1.29 is 14.7 Å². The second kappa shape index (κ2) is 7.06. The first kappa shape index (κ1) is 17.6. The fraction of sp³-hybridized carbons (Fsp3) is 0.364. The number of carbonyl (C=O) groups excluding carboxylic acids is 1. The van der Waals surface area contributed by atoms with Gasteiger partial charge in [-0.25, -0.2) is 0 Å². The Morgan fingerprint density at radius 3 is 2.30 bits per heavy atom. The Kier molecular flexibility index (Phi) is 4.60. The van der Waals surface area contributed by atoms with Gasteiger partial charge in [0.15, 0.2) is 0 Å². The molecule has 4 rings (SSSR count). The van der Waals surface area contributed by atoms with E-state index in [1.54, 1.807) is 0 Å². The van der Waals surface area contributed by atoms with Crippen molar-refractivity contribution in [2.24, 2.45) is 5.41 Å². The Morgan fingerprint density at radius 2 is 1.67 bits per heavy atom. The molecule has 0 unspecified atom stereocenters. The number of amides is 1. The minimum Gasteiger partial charge on any atom is -0.481 e. The molecule has 0 radical (unpaired) electrons. The monoisotopic (exact) mass is 364 g/mol. The Morgan fingerprint density at radius 1 is 1.04 bits per heavy atom. The molecule has 1 aliphatic heterocycles. The van der Waals surface area contributed by atoms with Gasteiger partial charge in [0.05, 0.1) is 11.8 Å². The van der Waals surface area contributed by atoms with E-state index >= 15 is 0 Å². The highest BCUT2D eigenvalue weighted by Gasteiger charge is 2.46. The van der Waals surface area contributed by atoms with Crippen LogP contribution < -0.4 is 10.2 Å². The van der Waals surface area contributed by atoms with Gasteiger partial charge in [0.2, 0.25) is 5.91 Å². The van der Waals surface area contributed by atoms with Crippen LogP contribution in [0, 0.1) is 5.41 Å². The van der Waals surface area contributed by atoms with E-state index in [1.807, 2.05) is 42.5 Å². The summed E-state index contributed by atoms with van der Waals surface area (Å²) in [7, 11) is 0. The maximum Gasteiger partial charge on any atom is 0.304 e. The van der Waals surface area contributed by atoms with Gasteiger partial charge in [-0.3, -0.25) is 9.59 Å². The van der Waals surface area contributed by atoms with Crippen molar-refractivity contribution in [2.45, 2.75) is 31.7 Å². The lowest BCUT2D eigenvalue weighted by atomic mass is 9.80. The Labute approximate surface area is 159 Å². The third-order valence-electron chi connectivity index (χ3n) is 5.79. The van der Waals surface area contributed by atoms with Crippen LogP contribution in [0.4, 0.5) is 5.69 Å². The molecular weight excluding hydrogens is 340 g/mol. The number of anilines is 1. The van der Waals surface area contributed by atoms with Crippen molar-refractivity contribution in [3.8, 4) is 0 Å². The average molecular weight is 364 g/mol. The van der Waals surface area contributed by atoms with Gasteiger partial charge < -0.3 is 15.3 Å². The van der Waals surface area contributed by atoms with E-state index in [2.05, 4.69) is 22.3 Å². The molecule has 1 saturated heterocycles. The van der Waals surface area contributed by atoms with Crippen molar-refractivity contribution in [1.29, 1.82) is 0 Å². The van der Waals surface area contributed by atoms with E-state index in [-0.39, 0.29) is 18.4 Å². The molecular formula is C22H24N2O3. The van der Waals surface area contributed by atoms with Gasteiger partial charge in [0.1, 0.15) is 0 Å². The van der Waals surface area contributed by atoms with E-state index in [9.17, 15) is 14.7 Å². The first-order valence-electron chi connectivity index (χ1n) is 9.45. The lowest BCUT2D eigenvalue weighted by Gasteiger charge is -2.28. The number of rotatable bonds is 5. The second-order valence-electron chi connectivity index (χ2n) is 7.71. The van der Waals surface area contributed by atoms with Crippen molar-refractivity contribution in [1.82, 2.24) is 5.32 Å². The number of nitrogens with one attached hydrogen (secondary N) is 1. The van der Waals surface area contributed by atoms with Crippen LogP contribution in [0.5, 0.6) is 0 Å². The zero-order valence-corrected chi connectivity index (χ0v) is 15.2. The fourth-order valence-electron chi connectivity index (χ4n) is 4.44. The largest absolute Gasteiger partial charge is 0.481 e. The summed E-state index contributed by atoms with van der Waals surface area (Å²) in [5.74, 6) is -1.05. The molecule has 0 saturated carbocycles. The number of hydrogen-bond donors (Lipinski definition) is 2. The van der Waals surface area contributed by atoms with Crippen LogP contribution in [0.25, 0.3) is 0 Å². The highest BCUT2D eigenvalue weighted by Crippen LogP contribution is 2.40. The Hall–Kier alpha value is -2.82. The fourth-order valence-corrected chi connectivity index (χ4v) is 4.44. The zero-order chi connectivity index (χ0) is 18.9. The number of aliphatic carboxylic acids is 1. The SMILES string of the molecule is O=C(O)CC1(C(=O)N[C@@H]2CCN(c3ccccc3)C2)Cc2ccccc2C1. The molecule has 5 nitrogen and oxygen atoms in total. The molecule has 2 aromatic rings. The molecule has 1 heterocycles. The minimum atomic E-state index is -0.921. The van der Waals surface area contributed by atoms with E-state index < -0.39 is 11.4 Å². The van der Waals surface area contributed by atoms with Crippen LogP contribution in [-0.2, 0) is 22.4 Å². The summed E-state index contributed by atoms with van der Waals surface area (Å²) in [6.45, 7) is 1.65. The van der Waals surface area contributed by atoms with Gasteiger partial charge in [-0.1, -0.05) is 42.5 Å². The molecule has 2 aromatic carbocycles. The second-order valence-corrected chi connectivity index (χ2v) is 7.71. The molecule has 0 bridgehead atoms. The number of carboxylic acid groups (broad SMARTS) is 1.